The van der Waals surface area contributed by atoms with Crippen molar-refractivity contribution in [3.8, 4) is 0 Å². The number of anilines is 1. The van der Waals surface area contributed by atoms with Crippen LogP contribution in [0.4, 0.5) is 10.5 Å². The molecule has 1 aromatic carbocycles. The number of ether oxygens (including phenoxy) is 3. The summed E-state index contributed by atoms with van der Waals surface area (Å²) in [5.41, 5.74) is 0.754. The highest BCUT2D eigenvalue weighted by Gasteiger charge is 2.59. The topological polar surface area (TPSA) is 102 Å². The monoisotopic (exact) mass is 609 g/mol. The lowest BCUT2D eigenvalue weighted by atomic mass is 10.0. The Morgan fingerprint density at radius 1 is 0.878 bits per heavy atom. The fourth-order valence-electron chi connectivity index (χ4n) is 5.74. The van der Waals surface area contributed by atoms with Gasteiger partial charge in [0.2, 0.25) is 0 Å². The number of carbonyl (C=O) groups is 2. The zero-order valence-electron chi connectivity index (χ0n) is 26.7. The molecule has 9 nitrogen and oxygen atoms in total. The van der Waals surface area contributed by atoms with Crippen LogP contribution in [0.2, 0.25) is 22.2 Å². The van der Waals surface area contributed by atoms with Crippen molar-refractivity contribution < 1.29 is 36.8 Å². The number of rotatable bonds is 7. The first kappa shape index (κ1) is 33.7. The normalized spacial score (nSPS) is 24.5. The summed E-state index contributed by atoms with van der Waals surface area (Å²) < 4.78 is 38.7. The lowest BCUT2D eigenvalue weighted by molar-refractivity contribution is -0.144. The van der Waals surface area contributed by atoms with Gasteiger partial charge in [-0.2, -0.15) is 0 Å². The number of para-hydroxylation sites is 1. The zero-order valence-corrected chi connectivity index (χ0v) is 28.7. The summed E-state index contributed by atoms with van der Waals surface area (Å²) >= 11 is 0. The number of nitrogens with one attached hydrogen (secondary N) is 1. The predicted octanol–water partition coefficient (Wildman–Crippen LogP) is 7.30. The number of esters is 1. The first-order valence-electron chi connectivity index (χ1n) is 14.9. The number of hydrogen-bond acceptors (Lipinski definition) is 8. The fourth-order valence-corrected chi connectivity index (χ4v) is 17.0. The van der Waals surface area contributed by atoms with E-state index in [1.807, 2.05) is 0 Å². The molecule has 2 aliphatic heterocycles. The molecule has 2 fully saturated rings. The van der Waals surface area contributed by atoms with Crippen LogP contribution in [0.25, 0.3) is 0 Å². The van der Waals surface area contributed by atoms with Crippen LogP contribution < -0.4 is 5.32 Å². The Hall–Kier alpha value is -1.77. The Kier molecular flexibility index (Phi) is 10.9. The number of amides is 1. The van der Waals surface area contributed by atoms with Gasteiger partial charge in [-0.3, -0.25) is 5.32 Å². The van der Waals surface area contributed by atoms with E-state index in [-0.39, 0.29) is 46.5 Å². The summed E-state index contributed by atoms with van der Waals surface area (Å²) in [6.07, 6.45) is -1.31. The minimum Gasteiger partial charge on any atom is -0.456 e. The number of hydrogen-bond donors (Lipinski definition) is 1. The molecule has 3 unspecified atom stereocenters. The van der Waals surface area contributed by atoms with E-state index in [9.17, 15) is 9.59 Å². The van der Waals surface area contributed by atoms with Crippen molar-refractivity contribution in [3.05, 3.63) is 29.8 Å². The highest BCUT2D eigenvalue weighted by molar-refractivity contribution is 6.83. The quantitative estimate of drug-likeness (QED) is 0.254. The van der Waals surface area contributed by atoms with E-state index in [0.29, 0.717) is 18.7 Å². The van der Waals surface area contributed by atoms with Gasteiger partial charge in [0.15, 0.2) is 0 Å². The highest BCUT2D eigenvalue weighted by atomic mass is 28.5. The van der Waals surface area contributed by atoms with E-state index in [1.165, 1.54) is 0 Å². The van der Waals surface area contributed by atoms with Crippen molar-refractivity contribution >= 4 is 34.9 Å². The third-order valence-corrected chi connectivity index (χ3v) is 18.1. The van der Waals surface area contributed by atoms with Gasteiger partial charge in [-0.05, 0) is 55.1 Å². The second-order valence-electron chi connectivity index (χ2n) is 13.4. The van der Waals surface area contributed by atoms with Gasteiger partial charge < -0.3 is 27.2 Å². The average Bonchev–Trinajstić information content (AvgIpc) is 2.83. The second kappa shape index (κ2) is 13.3. The predicted molar refractivity (Wildman–Crippen MR) is 164 cm³/mol. The van der Waals surface area contributed by atoms with Crippen LogP contribution in [-0.2, 0) is 27.2 Å². The van der Waals surface area contributed by atoms with E-state index in [0.717, 1.165) is 0 Å². The third-order valence-electron chi connectivity index (χ3n) is 7.81. The molecule has 232 valence electrons. The molecule has 0 bridgehead atoms. The van der Waals surface area contributed by atoms with Crippen LogP contribution >= 0.6 is 0 Å². The Morgan fingerprint density at radius 3 is 2.02 bits per heavy atom. The van der Waals surface area contributed by atoms with Gasteiger partial charge in [0.1, 0.15) is 17.8 Å². The lowest BCUT2D eigenvalue weighted by Crippen LogP contribution is -2.66. The largest absolute Gasteiger partial charge is 0.456 e. The van der Waals surface area contributed by atoms with Gasteiger partial charge in [0.25, 0.3) is 0 Å². The molecule has 2 aliphatic rings. The molecule has 0 radical (unpaired) electrons. The van der Waals surface area contributed by atoms with Gasteiger partial charge in [-0.15, -0.1) is 0 Å². The maximum Gasteiger partial charge on any atom is 0.412 e. The lowest BCUT2D eigenvalue weighted by Gasteiger charge is -2.53. The molecule has 3 rings (SSSR count). The molecular formula is C30H51NO8Si2. The van der Waals surface area contributed by atoms with E-state index >= 15 is 0 Å². The maximum atomic E-state index is 13.3. The molecule has 1 N–H and O–H groups in total. The molecule has 0 aliphatic carbocycles. The van der Waals surface area contributed by atoms with Gasteiger partial charge >= 0.3 is 29.2 Å². The fraction of sp³-hybridized carbons (Fsp3) is 0.733. The molecular weight excluding hydrogens is 559 g/mol. The van der Waals surface area contributed by atoms with Crippen molar-refractivity contribution in [1.82, 2.24) is 0 Å². The molecule has 2 saturated heterocycles. The maximum absolute atomic E-state index is 13.3. The molecule has 1 aromatic rings. The second-order valence-corrected chi connectivity index (χ2v) is 22.3. The van der Waals surface area contributed by atoms with Crippen molar-refractivity contribution in [2.75, 3.05) is 18.5 Å². The summed E-state index contributed by atoms with van der Waals surface area (Å²) in [7, 11) is -5.47. The number of carbonyl (C=O) groups excluding carboxylic acids is 2. The van der Waals surface area contributed by atoms with Crippen LogP contribution in [0.15, 0.2) is 24.3 Å². The summed E-state index contributed by atoms with van der Waals surface area (Å²) in [5, 5.41) is 2.67. The molecule has 0 aromatic heterocycles. The Bertz CT molecular complexity index is 1040. The zero-order chi connectivity index (χ0) is 30.8. The standard InChI is InChI=1S/C30H51NO8Si2/c1-19(2)40(20(3)4)35-18-27-26(38-41(39-40,21(5)6)22(7)8)16-23(17-34-27)36-28(32)24-14-12-13-15-25(24)31-29(33)37-30(9,10)11/h12-15,19-23,26-27H,16-18H2,1-11H3,(H,31,33). The Labute approximate surface area is 248 Å². The summed E-state index contributed by atoms with van der Waals surface area (Å²) in [6.45, 7) is 23.4. The first-order valence-corrected chi connectivity index (χ1v) is 18.9. The molecule has 3 atom stereocenters. The Balaban J connectivity index is 1.81. The first-order chi connectivity index (χ1) is 19.0. The van der Waals surface area contributed by atoms with Crippen LogP contribution in [0.3, 0.4) is 0 Å². The van der Waals surface area contributed by atoms with Crippen molar-refractivity contribution in [2.24, 2.45) is 0 Å². The van der Waals surface area contributed by atoms with Crippen molar-refractivity contribution in [3.63, 3.8) is 0 Å². The van der Waals surface area contributed by atoms with E-state index in [2.05, 4.69) is 60.7 Å². The summed E-state index contributed by atoms with van der Waals surface area (Å²) in [5.74, 6) is -0.552. The average molecular weight is 610 g/mol. The Morgan fingerprint density at radius 2 is 1.46 bits per heavy atom. The van der Waals surface area contributed by atoms with E-state index in [4.69, 9.17) is 27.2 Å². The number of fused-ring (bicyclic) bond motifs is 1. The minimum absolute atomic E-state index is 0.183. The van der Waals surface area contributed by atoms with Gasteiger partial charge in [-0.1, -0.05) is 67.5 Å². The summed E-state index contributed by atoms with van der Waals surface area (Å²) in [6, 6.07) is 6.72. The van der Waals surface area contributed by atoms with Crippen molar-refractivity contribution in [2.45, 2.75) is 129 Å². The van der Waals surface area contributed by atoms with Gasteiger partial charge in [0, 0.05) is 6.42 Å². The molecule has 11 heteroatoms. The van der Waals surface area contributed by atoms with E-state index < -0.39 is 40.9 Å². The third kappa shape index (κ3) is 7.80. The van der Waals surface area contributed by atoms with Crippen LogP contribution in [0.1, 0.15) is 92.9 Å². The van der Waals surface area contributed by atoms with E-state index in [1.54, 1.807) is 45.0 Å². The molecule has 2 heterocycles. The van der Waals surface area contributed by atoms with Gasteiger partial charge in [-0.25, -0.2) is 9.59 Å². The highest BCUT2D eigenvalue weighted by Crippen LogP contribution is 2.47. The van der Waals surface area contributed by atoms with Gasteiger partial charge in [0.05, 0.1) is 30.6 Å². The molecule has 0 spiro atoms. The number of benzene rings is 1. The molecule has 41 heavy (non-hydrogen) atoms. The smallest absolute Gasteiger partial charge is 0.412 e. The van der Waals surface area contributed by atoms with Crippen LogP contribution in [0.5, 0.6) is 0 Å². The summed E-state index contributed by atoms with van der Waals surface area (Å²) in [4.78, 5) is 25.7. The minimum atomic E-state index is -2.81. The molecule has 1 amide bonds. The van der Waals surface area contributed by atoms with Crippen LogP contribution in [-0.4, -0.2) is 66.3 Å². The molecule has 0 saturated carbocycles. The van der Waals surface area contributed by atoms with Crippen LogP contribution in [0, 0.1) is 0 Å². The SMILES string of the molecule is CC(C)[Si]1(C(C)C)OCC2OCC(OC(=O)c3ccccc3NC(=O)OC(C)(C)C)CC2O[Si](C(C)C)(C(C)C)O1. The van der Waals surface area contributed by atoms with Crippen molar-refractivity contribution in [1.29, 1.82) is 0 Å².